The highest BCUT2D eigenvalue weighted by Gasteiger charge is 2.07. The molecule has 108 valence electrons. The number of hydrogen-bond acceptors (Lipinski definition) is 3. The summed E-state index contributed by atoms with van der Waals surface area (Å²) in [4.78, 5) is 20.7. The van der Waals surface area contributed by atoms with Crippen LogP contribution >= 0.6 is 15.9 Å². The van der Waals surface area contributed by atoms with Crippen LogP contribution in [0.25, 0.3) is 11.4 Å². The van der Waals surface area contributed by atoms with E-state index < -0.39 is 0 Å². The average Bonchev–Trinajstić information content (AvgIpc) is 2.57. The Kier molecular flexibility index (Phi) is 4.25. The minimum atomic E-state index is -0.191. The first-order valence-electron chi connectivity index (χ1n) is 6.67. The molecule has 1 N–H and O–H groups in total. The number of anilines is 1. The summed E-state index contributed by atoms with van der Waals surface area (Å²) in [5.41, 5.74) is 2.08. The number of halogens is 1. The summed E-state index contributed by atoms with van der Waals surface area (Å²) >= 11 is 3.34. The molecule has 0 fully saturated rings. The highest BCUT2D eigenvalue weighted by atomic mass is 79.9. The third-order valence-corrected chi connectivity index (χ3v) is 3.58. The van der Waals surface area contributed by atoms with Crippen LogP contribution in [0.4, 0.5) is 5.69 Å². The second-order valence-corrected chi connectivity index (χ2v) is 5.54. The molecular weight excluding hydrogens is 342 g/mol. The van der Waals surface area contributed by atoms with Gasteiger partial charge in [-0.25, -0.2) is 9.97 Å². The molecule has 5 heteroatoms. The van der Waals surface area contributed by atoms with Crippen LogP contribution in [0.3, 0.4) is 0 Å². The minimum Gasteiger partial charge on any atom is -0.319 e. The average molecular weight is 354 g/mol. The van der Waals surface area contributed by atoms with Gasteiger partial charge in [-0.1, -0.05) is 46.3 Å². The van der Waals surface area contributed by atoms with Crippen molar-refractivity contribution in [3.63, 3.8) is 0 Å². The quantitative estimate of drug-likeness (QED) is 0.769. The molecule has 4 nitrogen and oxygen atoms in total. The monoisotopic (exact) mass is 353 g/mol. The van der Waals surface area contributed by atoms with Crippen molar-refractivity contribution in [3.8, 4) is 11.4 Å². The molecule has 0 saturated carbocycles. The number of carbonyl (C=O) groups excluding carboxylic acids is 1. The van der Waals surface area contributed by atoms with Crippen LogP contribution in [-0.2, 0) is 0 Å². The zero-order valence-corrected chi connectivity index (χ0v) is 13.1. The van der Waals surface area contributed by atoms with E-state index in [9.17, 15) is 4.79 Å². The van der Waals surface area contributed by atoms with Gasteiger partial charge in [0.2, 0.25) is 0 Å². The fourth-order valence-corrected chi connectivity index (χ4v) is 2.20. The normalized spacial score (nSPS) is 10.2. The Morgan fingerprint density at radius 3 is 2.18 bits per heavy atom. The van der Waals surface area contributed by atoms with Crippen LogP contribution in [0.15, 0.2) is 71.5 Å². The van der Waals surface area contributed by atoms with Gasteiger partial charge in [0.05, 0.1) is 18.1 Å². The maximum atomic E-state index is 12.1. The molecular formula is C17H12BrN3O. The number of rotatable bonds is 3. The molecule has 3 rings (SSSR count). The summed E-state index contributed by atoms with van der Waals surface area (Å²) in [5.74, 6) is 0.436. The topological polar surface area (TPSA) is 54.9 Å². The fraction of sp³-hybridized carbons (Fsp3) is 0. The summed E-state index contributed by atoms with van der Waals surface area (Å²) in [6.45, 7) is 0. The van der Waals surface area contributed by atoms with Crippen molar-refractivity contribution in [1.29, 1.82) is 0 Å². The van der Waals surface area contributed by atoms with Crippen molar-refractivity contribution in [2.75, 3.05) is 5.32 Å². The Morgan fingerprint density at radius 2 is 1.55 bits per heavy atom. The minimum absolute atomic E-state index is 0.191. The lowest BCUT2D eigenvalue weighted by molar-refractivity contribution is 0.102. The zero-order chi connectivity index (χ0) is 15.4. The lowest BCUT2D eigenvalue weighted by Crippen LogP contribution is -2.12. The number of nitrogens with zero attached hydrogens (tertiary/aromatic N) is 2. The van der Waals surface area contributed by atoms with Crippen LogP contribution < -0.4 is 5.32 Å². The molecule has 0 bridgehead atoms. The molecule has 0 aliphatic carbocycles. The highest BCUT2D eigenvalue weighted by Crippen LogP contribution is 2.16. The van der Waals surface area contributed by atoms with Gasteiger partial charge in [-0.3, -0.25) is 4.79 Å². The zero-order valence-electron chi connectivity index (χ0n) is 11.5. The van der Waals surface area contributed by atoms with Crippen LogP contribution in [-0.4, -0.2) is 15.9 Å². The maximum Gasteiger partial charge on any atom is 0.255 e. The van der Waals surface area contributed by atoms with Gasteiger partial charge in [0.15, 0.2) is 5.82 Å². The van der Waals surface area contributed by atoms with Gasteiger partial charge in [0.1, 0.15) is 0 Å². The molecule has 0 aliphatic rings. The summed E-state index contributed by atoms with van der Waals surface area (Å²) in [6, 6.07) is 16.8. The molecule has 0 unspecified atom stereocenters. The lowest BCUT2D eigenvalue weighted by Gasteiger charge is -2.05. The van der Waals surface area contributed by atoms with E-state index in [2.05, 4.69) is 31.2 Å². The smallest absolute Gasteiger partial charge is 0.255 e. The van der Waals surface area contributed by atoms with E-state index in [0.29, 0.717) is 17.1 Å². The largest absolute Gasteiger partial charge is 0.319 e. The van der Waals surface area contributed by atoms with E-state index in [1.54, 1.807) is 24.5 Å². The second-order valence-electron chi connectivity index (χ2n) is 4.62. The van der Waals surface area contributed by atoms with Crippen LogP contribution in [0.1, 0.15) is 10.4 Å². The SMILES string of the molecule is O=C(Nc1cnc(-c2ccccc2)nc1)c1ccc(Br)cc1. The second kappa shape index (κ2) is 6.49. The van der Waals surface area contributed by atoms with Crippen LogP contribution in [0.5, 0.6) is 0 Å². The molecule has 3 aromatic rings. The summed E-state index contributed by atoms with van der Waals surface area (Å²) in [7, 11) is 0. The van der Waals surface area contributed by atoms with Gasteiger partial charge in [-0.15, -0.1) is 0 Å². The summed E-state index contributed by atoms with van der Waals surface area (Å²) in [5, 5.41) is 2.78. The van der Waals surface area contributed by atoms with Crippen molar-refractivity contribution in [2.45, 2.75) is 0 Å². The first-order valence-corrected chi connectivity index (χ1v) is 7.46. The molecule has 1 heterocycles. The third-order valence-electron chi connectivity index (χ3n) is 3.05. The lowest BCUT2D eigenvalue weighted by atomic mass is 10.2. The van der Waals surface area contributed by atoms with Crippen molar-refractivity contribution in [2.24, 2.45) is 0 Å². The van der Waals surface area contributed by atoms with Crippen LogP contribution in [0.2, 0.25) is 0 Å². The van der Waals surface area contributed by atoms with Gasteiger partial charge in [0, 0.05) is 15.6 Å². The van der Waals surface area contributed by atoms with E-state index in [4.69, 9.17) is 0 Å². The predicted octanol–water partition coefficient (Wildman–Crippen LogP) is 4.16. The molecule has 0 atom stereocenters. The van der Waals surface area contributed by atoms with E-state index in [1.165, 1.54) is 0 Å². The number of nitrogens with one attached hydrogen (secondary N) is 1. The van der Waals surface area contributed by atoms with Crippen molar-refractivity contribution < 1.29 is 4.79 Å². The van der Waals surface area contributed by atoms with E-state index in [-0.39, 0.29) is 5.91 Å². The number of aromatic nitrogens is 2. The maximum absolute atomic E-state index is 12.1. The number of hydrogen-bond donors (Lipinski definition) is 1. The number of benzene rings is 2. The fourth-order valence-electron chi connectivity index (χ4n) is 1.93. The number of carbonyl (C=O) groups is 1. The predicted molar refractivity (Wildman–Crippen MR) is 89.6 cm³/mol. The van der Waals surface area contributed by atoms with E-state index in [0.717, 1.165) is 10.0 Å². The number of amides is 1. The first kappa shape index (κ1) is 14.4. The Hall–Kier alpha value is -2.53. The molecule has 0 radical (unpaired) electrons. The van der Waals surface area contributed by atoms with Crippen LogP contribution in [0, 0.1) is 0 Å². The van der Waals surface area contributed by atoms with Gasteiger partial charge in [-0.05, 0) is 24.3 Å². The van der Waals surface area contributed by atoms with E-state index in [1.807, 2.05) is 42.5 Å². The standard InChI is InChI=1S/C17H12BrN3O/c18-14-8-6-13(7-9-14)17(22)21-15-10-19-16(20-11-15)12-4-2-1-3-5-12/h1-11H,(H,21,22). The summed E-state index contributed by atoms with van der Waals surface area (Å²) in [6.07, 6.45) is 3.21. The Morgan fingerprint density at radius 1 is 0.909 bits per heavy atom. The highest BCUT2D eigenvalue weighted by molar-refractivity contribution is 9.10. The van der Waals surface area contributed by atoms with Gasteiger partial charge in [0.25, 0.3) is 5.91 Å². The molecule has 1 aromatic heterocycles. The van der Waals surface area contributed by atoms with Gasteiger partial charge in [-0.2, -0.15) is 0 Å². The molecule has 1 amide bonds. The third kappa shape index (κ3) is 3.38. The van der Waals surface area contributed by atoms with Gasteiger partial charge < -0.3 is 5.32 Å². The molecule has 0 saturated heterocycles. The molecule has 0 spiro atoms. The Labute approximate surface area is 136 Å². The molecule has 22 heavy (non-hydrogen) atoms. The van der Waals surface area contributed by atoms with Gasteiger partial charge >= 0.3 is 0 Å². The van der Waals surface area contributed by atoms with Crippen molar-refractivity contribution >= 4 is 27.5 Å². The molecule has 0 aliphatic heterocycles. The van der Waals surface area contributed by atoms with Crippen molar-refractivity contribution in [1.82, 2.24) is 9.97 Å². The van der Waals surface area contributed by atoms with Crippen molar-refractivity contribution in [3.05, 3.63) is 77.0 Å². The summed E-state index contributed by atoms with van der Waals surface area (Å²) < 4.78 is 0.930. The Balaban J connectivity index is 1.73. The molecule has 2 aromatic carbocycles. The first-order chi connectivity index (χ1) is 10.7. The van der Waals surface area contributed by atoms with E-state index >= 15 is 0 Å². The Bertz CT molecular complexity index is 771.